The van der Waals surface area contributed by atoms with Crippen LogP contribution in [0.1, 0.15) is 29.6 Å². The Morgan fingerprint density at radius 3 is 2.86 bits per heavy atom. The molecule has 122 valence electrons. The highest BCUT2D eigenvalue weighted by Gasteiger charge is 2.13. The van der Waals surface area contributed by atoms with Gasteiger partial charge in [-0.25, -0.2) is 0 Å². The van der Waals surface area contributed by atoms with Crippen LogP contribution in [0.2, 0.25) is 0 Å². The Morgan fingerprint density at radius 2 is 2.14 bits per heavy atom. The summed E-state index contributed by atoms with van der Waals surface area (Å²) in [5, 5.41) is 6.53. The minimum atomic E-state index is -0.0696. The van der Waals surface area contributed by atoms with Gasteiger partial charge in [-0.2, -0.15) is 11.8 Å². The number of rotatable bonds is 7. The Labute approximate surface area is 144 Å². The SMILES string of the molecule is COc1ccc(Br)c(C(=O)NCCCNC2CCSCC2)c1. The van der Waals surface area contributed by atoms with Crippen LogP contribution in [0.5, 0.6) is 5.75 Å². The minimum absolute atomic E-state index is 0.0696. The van der Waals surface area contributed by atoms with Crippen molar-refractivity contribution in [3.8, 4) is 5.75 Å². The number of benzene rings is 1. The van der Waals surface area contributed by atoms with Gasteiger partial charge in [0, 0.05) is 17.1 Å². The van der Waals surface area contributed by atoms with E-state index in [1.54, 1.807) is 13.2 Å². The molecular formula is C16H23BrN2O2S. The number of methoxy groups -OCH3 is 1. The third-order valence-corrected chi connectivity index (χ3v) is 5.45. The summed E-state index contributed by atoms with van der Waals surface area (Å²) in [4.78, 5) is 12.2. The molecule has 2 N–H and O–H groups in total. The number of carbonyl (C=O) groups is 1. The van der Waals surface area contributed by atoms with E-state index in [2.05, 4.69) is 26.6 Å². The van der Waals surface area contributed by atoms with E-state index in [9.17, 15) is 4.79 Å². The van der Waals surface area contributed by atoms with Crippen molar-refractivity contribution in [1.82, 2.24) is 10.6 Å². The van der Waals surface area contributed by atoms with E-state index in [1.807, 2.05) is 23.9 Å². The first-order valence-corrected chi connectivity index (χ1v) is 9.58. The van der Waals surface area contributed by atoms with Gasteiger partial charge >= 0.3 is 0 Å². The maximum atomic E-state index is 12.2. The summed E-state index contributed by atoms with van der Waals surface area (Å²) in [5.41, 5.74) is 0.608. The summed E-state index contributed by atoms with van der Waals surface area (Å²) >= 11 is 5.44. The smallest absolute Gasteiger partial charge is 0.252 e. The summed E-state index contributed by atoms with van der Waals surface area (Å²) in [6.45, 7) is 1.63. The number of hydrogen-bond donors (Lipinski definition) is 2. The average Bonchev–Trinajstić information content (AvgIpc) is 2.55. The van der Waals surface area contributed by atoms with Crippen molar-refractivity contribution in [2.75, 3.05) is 31.7 Å². The third-order valence-electron chi connectivity index (χ3n) is 3.71. The number of thioether (sulfide) groups is 1. The highest BCUT2D eigenvalue weighted by Crippen LogP contribution is 2.22. The number of ether oxygens (including phenoxy) is 1. The Morgan fingerprint density at radius 1 is 1.36 bits per heavy atom. The van der Waals surface area contributed by atoms with Crippen LogP contribution in [-0.4, -0.2) is 43.7 Å². The van der Waals surface area contributed by atoms with E-state index in [1.165, 1.54) is 24.3 Å². The molecule has 0 aliphatic carbocycles. The van der Waals surface area contributed by atoms with Crippen molar-refractivity contribution in [1.29, 1.82) is 0 Å². The lowest BCUT2D eigenvalue weighted by molar-refractivity contribution is 0.0952. The van der Waals surface area contributed by atoms with Gasteiger partial charge in [-0.3, -0.25) is 4.79 Å². The van der Waals surface area contributed by atoms with Crippen LogP contribution in [0.15, 0.2) is 22.7 Å². The molecule has 0 unspecified atom stereocenters. The molecule has 0 radical (unpaired) electrons. The highest BCUT2D eigenvalue weighted by atomic mass is 79.9. The van der Waals surface area contributed by atoms with Gasteiger partial charge in [0.1, 0.15) is 5.75 Å². The topological polar surface area (TPSA) is 50.4 Å². The van der Waals surface area contributed by atoms with Gasteiger partial charge in [0.25, 0.3) is 5.91 Å². The molecule has 1 saturated heterocycles. The second kappa shape index (κ2) is 9.43. The monoisotopic (exact) mass is 386 g/mol. The van der Waals surface area contributed by atoms with Gasteiger partial charge in [0.2, 0.25) is 0 Å². The second-order valence-electron chi connectivity index (χ2n) is 5.30. The molecule has 1 aliphatic rings. The summed E-state index contributed by atoms with van der Waals surface area (Å²) in [6.07, 6.45) is 3.46. The fourth-order valence-electron chi connectivity index (χ4n) is 2.40. The number of carbonyl (C=O) groups excluding carboxylic acids is 1. The molecule has 4 nitrogen and oxygen atoms in total. The molecule has 1 aliphatic heterocycles. The highest BCUT2D eigenvalue weighted by molar-refractivity contribution is 9.10. The zero-order valence-electron chi connectivity index (χ0n) is 12.9. The Bertz CT molecular complexity index is 493. The molecule has 1 aromatic rings. The molecule has 6 heteroatoms. The fourth-order valence-corrected chi connectivity index (χ4v) is 3.93. The molecule has 0 saturated carbocycles. The van der Waals surface area contributed by atoms with Gasteiger partial charge in [0.15, 0.2) is 0 Å². The Balaban J connectivity index is 1.69. The van der Waals surface area contributed by atoms with Crippen molar-refractivity contribution in [3.05, 3.63) is 28.2 Å². The molecular weight excluding hydrogens is 364 g/mol. The lowest BCUT2D eigenvalue weighted by atomic mass is 10.1. The molecule has 0 aromatic heterocycles. The molecule has 1 amide bonds. The molecule has 0 bridgehead atoms. The van der Waals surface area contributed by atoms with Gasteiger partial charge in [-0.1, -0.05) is 0 Å². The molecule has 2 rings (SSSR count). The third kappa shape index (κ3) is 5.48. The van der Waals surface area contributed by atoms with Gasteiger partial charge < -0.3 is 15.4 Å². The van der Waals surface area contributed by atoms with Crippen molar-refractivity contribution in [3.63, 3.8) is 0 Å². The lowest BCUT2D eigenvalue weighted by Gasteiger charge is -2.22. The van der Waals surface area contributed by atoms with E-state index in [4.69, 9.17) is 4.74 Å². The number of halogens is 1. The summed E-state index contributed by atoms with van der Waals surface area (Å²) < 4.78 is 5.94. The summed E-state index contributed by atoms with van der Waals surface area (Å²) in [7, 11) is 1.60. The van der Waals surface area contributed by atoms with E-state index in [-0.39, 0.29) is 5.91 Å². The predicted molar refractivity (Wildman–Crippen MR) is 96.0 cm³/mol. The van der Waals surface area contributed by atoms with Crippen LogP contribution in [0.3, 0.4) is 0 Å². The summed E-state index contributed by atoms with van der Waals surface area (Å²) in [5.74, 6) is 3.14. The van der Waals surface area contributed by atoms with E-state index in [0.29, 0.717) is 23.9 Å². The number of nitrogens with one attached hydrogen (secondary N) is 2. The van der Waals surface area contributed by atoms with E-state index >= 15 is 0 Å². The van der Waals surface area contributed by atoms with Crippen molar-refractivity contribution >= 4 is 33.6 Å². The second-order valence-corrected chi connectivity index (χ2v) is 7.38. The Hall–Kier alpha value is -0.720. The Kier molecular flexibility index (Phi) is 7.55. The molecule has 0 atom stereocenters. The van der Waals surface area contributed by atoms with Crippen molar-refractivity contribution in [2.45, 2.75) is 25.3 Å². The molecule has 22 heavy (non-hydrogen) atoms. The normalized spacial score (nSPS) is 15.5. The van der Waals surface area contributed by atoms with Gasteiger partial charge in [-0.15, -0.1) is 0 Å². The number of hydrogen-bond acceptors (Lipinski definition) is 4. The van der Waals surface area contributed by atoms with Gasteiger partial charge in [0.05, 0.1) is 12.7 Å². The maximum absolute atomic E-state index is 12.2. The predicted octanol–water partition coefficient (Wildman–Crippen LogP) is 3.06. The number of amides is 1. The molecule has 1 heterocycles. The first-order valence-electron chi connectivity index (χ1n) is 7.63. The molecule has 0 spiro atoms. The van der Waals surface area contributed by atoms with Crippen LogP contribution in [-0.2, 0) is 0 Å². The maximum Gasteiger partial charge on any atom is 0.252 e. The molecule has 1 fully saturated rings. The van der Waals surface area contributed by atoms with Crippen LogP contribution in [0.4, 0.5) is 0 Å². The zero-order valence-corrected chi connectivity index (χ0v) is 15.3. The van der Waals surface area contributed by atoms with Gasteiger partial charge in [-0.05, 0) is 71.4 Å². The minimum Gasteiger partial charge on any atom is -0.497 e. The van der Waals surface area contributed by atoms with Crippen molar-refractivity contribution < 1.29 is 9.53 Å². The lowest BCUT2D eigenvalue weighted by Crippen LogP contribution is -2.35. The van der Waals surface area contributed by atoms with Crippen LogP contribution < -0.4 is 15.4 Å². The van der Waals surface area contributed by atoms with E-state index in [0.717, 1.165) is 17.4 Å². The quantitative estimate of drug-likeness (QED) is 0.707. The van der Waals surface area contributed by atoms with E-state index < -0.39 is 0 Å². The van der Waals surface area contributed by atoms with Crippen LogP contribution in [0, 0.1) is 0 Å². The van der Waals surface area contributed by atoms with Crippen LogP contribution >= 0.6 is 27.7 Å². The largest absolute Gasteiger partial charge is 0.497 e. The van der Waals surface area contributed by atoms with Crippen LogP contribution in [0.25, 0.3) is 0 Å². The van der Waals surface area contributed by atoms with Crippen molar-refractivity contribution in [2.24, 2.45) is 0 Å². The summed E-state index contributed by atoms with van der Waals surface area (Å²) in [6, 6.07) is 6.06. The standard InChI is InChI=1S/C16H23BrN2O2S/c1-21-13-3-4-15(17)14(11-13)16(20)19-8-2-7-18-12-5-9-22-10-6-12/h3-4,11-12,18H,2,5-10H2,1H3,(H,19,20). The zero-order chi connectivity index (χ0) is 15.8. The molecule has 1 aromatic carbocycles. The first kappa shape index (κ1) is 17.6. The average molecular weight is 387 g/mol. The first-order chi connectivity index (χ1) is 10.7. The fraction of sp³-hybridized carbons (Fsp3) is 0.562.